The Bertz CT molecular complexity index is 281. The van der Waals surface area contributed by atoms with Gasteiger partial charge in [0.15, 0.2) is 0 Å². The molecule has 0 aromatic heterocycles. The van der Waals surface area contributed by atoms with Gasteiger partial charge in [-0.3, -0.25) is 9.59 Å². The molecule has 0 spiro atoms. The molecule has 0 aliphatic heterocycles. The van der Waals surface area contributed by atoms with E-state index >= 15 is 0 Å². The van der Waals surface area contributed by atoms with Crippen molar-refractivity contribution >= 4 is 43.8 Å². The van der Waals surface area contributed by atoms with Crippen molar-refractivity contribution < 1.29 is 19.8 Å². The first-order chi connectivity index (χ1) is 6.86. The highest BCUT2D eigenvalue weighted by Gasteiger charge is 2.47. The predicted molar refractivity (Wildman–Crippen MR) is 61.5 cm³/mol. The fourth-order valence-corrected chi connectivity index (χ4v) is 3.49. The average molecular weight is 344 g/mol. The number of carboxylic acid groups (broad SMARTS) is 2. The van der Waals surface area contributed by atoms with Crippen molar-refractivity contribution in [1.29, 1.82) is 0 Å². The summed E-state index contributed by atoms with van der Waals surface area (Å²) in [5.41, 5.74) is 0. The van der Waals surface area contributed by atoms with Crippen molar-refractivity contribution in [1.82, 2.24) is 0 Å². The Hall–Kier alpha value is -0.100. The molecular weight excluding hydrogens is 332 g/mol. The highest BCUT2D eigenvalue weighted by atomic mass is 79.9. The number of aliphatic carboxylic acids is 2. The van der Waals surface area contributed by atoms with Gasteiger partial charge in [0.25, 0.3) is 0 Å². The summed E-state index contributed by atoms with van der Waals surface area (Å²) in [5, 5.41) is 18.0. The molecule has 0 heterocycles. The lowest BCUT2D eigenvalue weighted by molar-refractivity contribution is -0.157. The molecule has 1 rings (SSSR count). The van der Waals surface area contributed by atoms with Crippen molar-refractivity contribution in [2.24, 2.45) is 17.8 Å². The number of rotatable bonds is 2. The van der Waals surface area contributed by atoms with Crippen LogP contribution in [0.3, 0.4) is 0 Å². The largest absolute Gasteiger partial charge is 0.481 e. The Morgan fingerprint density at radius 2 is 1.73 bits per heavy atom. The second-order valence-corrected chi connectivity index (χ2v) is 6.10. The topological polar surface area (TPSA) is 74.6 Å². The normalized spacial score (nSPS) is 41.1. The molecule has 0 unspecified atom stereocenters. The van der Waals surface area contributed by atoms with E-state index in [9.17, 15) is 9.59 Å². The number of hydrogen-bond donors (Lipinski definition) is 2. The van der Waals surface area contributed by atoms with Gasteiger partial charge in [-0.15, -0.1) is 0 Å². The third-order valence-corrected chi connectivity index (χ3v) is 6.05. The van der Waals surface area contributed by atoms with Crippen molar-refractivity contribution in [3.8, 4) is 0 Å². The van der Waals surface area contributed by atoms with Gasteiger partial charge >= 0.3 is 11.9 Å². The Morgan fingerprint density at radius 1 is 1.20 bits per heavy atom. The maximum atomic E-state index is 11.0. The zero-order chi connectivity index (χ0) is 11.7. The first kappa shape index (κ1) is 13.0. The lowest BCUT2D eigenvalue weighted by Crippen LogP contribution is -2.46. The third-order valence-electron chi connectivity index (χ3n) is 2.93. The number of carboxylic acids is 2. The summed E-state index contributed by atoms with van der Waals surface area (Å²) in [5.74, 6) is -3.89. The molecule has 6 heteroatoms. The van der Waals surface area contributed by atoms with Gasteiger partial charge in [-0.25, -0.2) is 0 Å². The van der Waals surface area contributed by atoms with Crippen molar-refractivity contribution in [2.75, 3.05) is 0 Å². The quantitative estimate of drug-likeness (QED) is 0.751. The van der Waals surface area contributed by atoms with Crippen LogP contribution in [0.2, 0.25) is 0 Å². The van der Waals surface area contributed by atoms with E-state index in [1.807, 2.05) is 0 Å². The van der Waals surface area contributed by atoms with Crippen LogP contribution in [-0.2, 0) is 9.59 Å². The van der Waals surface area contributed by atoms with Gasteiger partial charge in [0.1, 0.15) is 0 Å². The van der Waals surface area contributed by atoms with E-state index in [1.165, 1.54) is 0 Å². The van der Waals surface area contributed by atoms with E-state index in [-0.39, 0.29) is 15.6 Å². The zero-order valence-electron chi connectivity index (χ0n) is 8.06. The number of hydrogen-bond acceptors (Lipinski definition) is 2. The standard InChI is InChI=1S/C9H12Br2O4/c1-3-6(9(14)15)4(8(12)13)2-5(10)7(3)11/h3-7H,2H2,1H3,(H,12,13)(H,14,15)/t3-,4+,5+,6+,7-/m0/s1. The second kappa shape index (κ2) is 4.82. The highest BCUT2D eigenvalue weighted by molar-refractivity contribution is 9.12. The van der Waals surface area contributed by atoms with Gasteiger partial charge in [-0.1, -0.05) is 38.8 Å². The molecule has 2 N–H and O–H groups in total. The van der Waals surface area contributed by atoms with E-state index in [1.54, 1.807) is 6.92 Å². The second-order valence-electron chi connectivity index (χ2n) is 3.86. The van der Waals surface area contributed by atoms with Crippen molar-refractivity contribution in [2.45, 2.75) is 23.0 Å². The molecule has 86 valence electrons. The van der Waals surface area contributed by atoms with Crippen LogP contribution in [0.4, 0.5) is 0 Å². The predicted octanol–water partition coefficient (Wildman–Crippen LogP) is 1.95. The van der Waals surface area contributed by atoms with Crippen LogP contribution in [0.15, 0.2) is 0 Å². The molecular formula is C9H12Br2O4. The van der Waals surface area contributed by atoms with E-state index in [0.29, 0.717) is 6.42 Å². The van der Waals surface area contributed by atoms with Gasteiger partial charge < -0.3 is 10.2 Å². The van der Waals surface area contributed by atoms with Crippen molar-refractivity contribution in [3.63, 3.8) is 0 Å². The van der Waals surface area contributed by atoms with Crippen molar-refractivity contribution in [3.05, 3.63) is 0 Å². The summed E-state index contributed by atoms with van der Waals surface area (Å²) in [6.07, 6.45) is 0.340. The van der Waals surface area contributed by atoms with Crippen LogP contribution in [0.5, 0.6) is 0 Å². The Kier molecular flexibility index (Phi) is 4.17. The van der Waals surface area contributed by atoms with Gasteiger partial charge in [0.05, 0.1) is 11.8 Å². The maximum Gasteiger partial charge on any atom is 0.307 e. The van der Waals surface area contributed by atoms with Crippen LogP contribution in [0.25, 0.3) is 0 Å². The number of alkyl halides is 2. The molecule has 0 aromatic carbocycles. The smallest absolute Gasteiger partial charge is 0.307 e. The molecule has 5 atom stereocenters. The molecule has 1 fully saturated rings. The number of halogens is 2. The fraction of sp³-hybridized carbons (Fsp3) is 0.778. The first-order valence-electron chi connectivity index (χ1n) is 4.60. The Morgan fingerprint density at radius 3 is 2.13 bits per heavy atom. The number of carbonyl (C=O) groups is 2. The molecule has 15 heavy (non-hydrogen) atoms. The first-order valence-corrected chi connectivity index (χ1v) is 6.43. The summed E-state index contributed by atoms with van der Waals surface area (Å²) < 4.78 is 0. The molecule has 1 aliphatic carbocycles. The fourth-order valence-electron chi connectivity index (χ4n) is 2.06. The minimum absolute atomic E-state index is 0.00389. The van der Waals surface area contributed by atoms with E-state index in [2.05, 4.69) is 31.9 Å². The van der Waals surface area contributed by atoms with Gasteiger partial charge in [-0.05, 0) is 12.3 Å². The van der Waals surface area contributed by atoms with Gasteiger partial charge in [-0.2, -0.15) is 0 Å². The molecule has 0 saturated heterocycles. The van der Waals surface area contributed by atoms with E-state index < -0.39 is 23.8 Å². The summed E-state index contributed by atoms with van der Waals surface area (Å²) in [6.45, 7) is 1.77. The summed E-state index contributed by atoms with van der Waals surface area (Å²) in [4.78, 5) is 22.0. The Balaban J connectivity index is 2.96. The SMILES string of the molecule is C[C@@H]1[C@H](Br)[C@H](Br)C[C@@H](C(=O)O)[C@@H]1C(=O)O. The van der Waals surface area contributed by atoms with Crippen LogP contribution >= 0.6 is 31.9 Å². The third kappa shape index (κ3) is 2.53. The van der Waals surface area contributed by atoms with E-state index in [0.717, 1.165) is 0 Å². The van der Waals surface area contributed by atoms with Crippen LogP contribution in [0.1, 0.15) is 13.3 Å². The maximum absolute atomic E-state index is 11.0. The molecule has 1 aliphatic rings. The average Bonchev–Trinajstić information content (AvgIpc) is 2.12. The van der Waals surface area contributed by atoms with Gasteiger partial charge in [0.2, 0.25) is 0 Å². The van der Waals surface area contributed by atoms with Crippen LogP contribution in [0, 0.1) is 17.8 Å². The lowest BCUT2D eigenvalue weighted by Gasteiger charge is -2.38. The monoisotopic (exact) mass is 342 g/mol. The molecule has 4 nitrogen and oxygen atoms in total. The summed E-state index contributed by atoms with van der Waals surface area (Å²) in [6, 6.07) is 0. The highest BCUT2D eigenvalue weighted by Crippen LogP contribution is 2.42. The minimum atomic E-state index is -1.03. The molecule has 1 saturated carbocycles. The van der Waals surface area contributed by atoms with Gasteiger partial charge in [0, 0.05) is 9.65 Å². The minimum Gasteiger partial charge on any atom is -0.481 e. The summed E-state index contributed by atoms with van der Waals surface area (Å²) >= 11 is 6.78. The molecule has 0 amide bonds. The lowest BCUT2D eigenvalue weighted by atomic mass is 9.72. The molecule has 0 bridgehead atoms. The molecule has 0 radical (unpaired) electrons. The van der Waals surface area contributed by atoms with Crippen LogP contribution < -0.4 is 0 Å². The summed E-state index contributed by atoms with van der Waals surface area (Å²) in [7, 11) is 0. The van der Waals surface area contributed by atoms with E-state index in [4.69, 9.17) is 10.2 Å². The Labute approximate surface area is 104 Å². The molecule has 0 aromatic rings. The van der Waals surface area contributed by atoms with Crippen LogP contribution in [-0.4, -0.2) is 31.8 Å². The zero-order valence-corrected chi connectivity index (χ0v) is 11.2.